The Morgan fingerprint density at radius 3 is 2.76 bits per heavy atom. The van der Waals surface area contributed by atoms with Crippen molar-refractivity contribution in [2.45, 2.75) is 25.7 Å². The van der Waals surface area contributed by atoms with Crippen LogP contribution in [0.4, 0.5) is 0 Å². The number of carbonyl (C=O) groups excluding carboxylic acids is 1. The maximum Gasteiger partial charge on any atom is 0.231 e. The lowest BCUT2D eigenvalue weighted by Gasteiger charge is -2.26. The molecule has 29 heavy (non-hydrogen) atoms. The highest BCUT2D eigenvalue weighted by Gasteiger charge is 2.27. The molecule has 0 saturated carbocycles. The van der Waals surface area contributed by atoms with E-state index in [9.17, 15) is 4.79 Å². The largest absolute Gasteiger partial charge is 0.497 e. The van der Waals surface area contributed by atoms with Crippen molar-refractivity contribution >= 4 is 11.9 Å². The van der Waals surface area contributed by atoms with Crippen molar-refractivity contribution in [2.24, 2.45) is 0 Å². The minimum atomic E-state index is -0.112. The van der Waals surface area contributed by atoms with Crippen LogP contribution in [0.25, 0.3) is 6.08 Å². The zero-order valence-electron chi connectivity index (χ0n) is 16.9. The highest BCUT2D eigenvalue weighted by molar-refractivity contribution is 6.14. The molecular formula is C24H27NO4. The zero-order chi connectivity index (χ0) is 20.1. The molecule has 2 aliphatic rings. The standard InChI is InChI=1S/C24H27NO4/c1-27-19-8-5-7-18(15-19)16-23-24(26)21-10-9-20(17-22(21)29-23)28-14-6-13-25-11-3-2-4-12-25/h5,7-10,15-17H,2-4,6,11-14H2,1H3/b23-16-. The van der Waals surface area contributed by atoms with Crippen molar-refractivity contribution in [1.82, 2.24) is 4.90 Å². The molecule has 2 aromatic rings. The number of benzene rings is 2. The fourth-order valence-corrected chi connectivity index (χ4v) is 3.80. The summed E-state index contributed by atoms with van der Waals surface area (Å²) in [5.74, 6) is 2.23. The lowest BCUT2D eigenvalue weighted by Crippen LogP contribution is -2.31. The van der Waals surface area contributed by atoms with E-state index in [1.54, 1.807) is 25.3 Å². The van der Waals surface area contributed by atoms with E-state index in [1.165, 1.54) is 32.4 Å². The number of likely N-dealkylation sites (tertiary alicyclic amines) is 1. The summed E-state index contributed by atoms with van der Waals surface area (Å²) in [6.45, 7) is 4.15. The van der Waals surface area contributed by atoms with Gasteiger partial charge in [-0.1, -0.05) is 18.6 Å². The van der Waals surface area contributed by atoms with Gasteiger partial charge in [-0.3, -0.25) is 4.79 Å². The Morgan fingerprint density at radius 2 is 1.93 bits per heavy atom. The second kappa shape index (κ2) is 9.14. The molecule has 0 radical (unpaired) electrons. The first-order valence-electron chi connectivity index (χ1n) is 10.3. The Balaban J connectivity index is 1.36. The summed E-state index contributed by atoms with van der Waals surface area (Å²) >= 11 is 0. The Labute approximate surface area is 171 Å². The number of Topliss-reactive ketones (excluding diaryl/α,β-unsaturated/α-hetero) is 1. The number of ether oxygens (including phenoxy) is 3. The van der Waals surface area contributed by atoms with Crippen molar-refractivity contribution < 1.29 is 19.0 Å². The van der Waals surface area contributed by atoms with Gasteiger partial charge >= 0.3 is 0 Å². The van der Waals surface area contributed by atoms with E-state index in [0.29, 0.717) is 23.7 Å². The number of nitrogens with zero attached hydrogens (tertiary/aromatic N) is 1. The van der Waals surface area contributed by atoms with Crippen molar-refractivity contribution in [3.05, 3.63) is 59.4 Å². The van der Waals surface area contributed by atoms with Crippen LogP contribution in [0.1, 0.15) is 41.6 Å². The molecule has 5 nitrogen and oxygen atoms in total. The Morgan fingerprint density at radius 1 is 1.07 bits per heavy atom. The van der Waals surface area contributed by atoms with Gasteiger partial charge in [0.05, 0.1) is 19.3 Å². The van der Waals surface area contributed by atoms with Crippen LogP contribution in [0.3, 0.4) is 0 Å². The van der Waals surface area contributed by atoms with Crippen molar-refractivity contribution in [3.63, 3.8) is 0 Å². The number of hydrogen-bond donors (Lipinski definition) is 0. The summed E-state index contributed by atoms with van der Waals surface area (Å²) < 4.78 is 16.9. The zero-order valence-corrected chi connectivity index (χ0v) is 16.9. The molecule has 0 atom stereocenters. The minimum absolute atomic E-state index is 0.112. The van der Waals surface area contributed by atoms with E-state index >= 15 is 0 Å². The van der Waals surface area contributed by atoms with E-state index in [4.69, 9.17) is 14.2 Å². The van der Waals surface area contributed by atoms with Crippen LogP contribution >= 0.6 is 0 Å². The molecule has 0 aliphatic carbocycles. The van der Waals surface area contributed by atoms with Crippen LogP contribution in [-0.2, 0) is 0 Å². The fraction of sp³-hybridized carbons (Fsp3) is 0.375. The van der Waals surface area contributed by atoms with Gasteiger partial charge in [-0.2, -0.15) is 0 Å². The summed E-state index contributed by atoms with van der Waals surface area (Å²) in [6.07, 6.45) is 6.71. The van der Waals surface area contributed by atoms with Crippen LogP contribution in [0.15, 0.2) is 48.2 Å². The van der Waals surface area contributed by atoms with Crippen LogP contribution in [-0.4, -0.2) is 44.0 Å². The van der Waals surface area contributed by atoms with E-state index < -0.39 is 0 Å². The molecule has 152 valence electrons. The van der Waals surface area contributed by atoms with Gasteiger partial charge < -0.3 is 19.1 Å². The summed E-state index contributed by atoms with van der Waals surface area (Å²) in [7, 11) is 1.62. The van der Waals surface area contributed by atoms with Gasteiger partial charge in [0.1, 0.15) is 17.2 Å². The predicted octanol–water partition coefficient (Wildman–Crippen LogP) is 4.57. The third kappa shape index (κ3) is 4.80. The molecule has 5 heteroatoms. The average Bonchev–Trinajstić information content (AvgIpc) is 3.07. The van der Waals surface area contributed by atoms with Gasteiger partial charge in [0.15, 0.2) is 5.76 Å². The van der Waals surface area contributed by atoms with E-state index in [-0.39, 0.29) is 5.78 Å². The Bertz CT molecular complexity index is 900. The first kappa shape index (κ1) is 19.5. The highest BCUT2D eigenvalue weighted by Crippen LogP contribution is 2.35. The van der Waals surface area contributed by atoms with Gasteiger partial charge in [-0.25, -0.2) is 0 Å². The number of hydrogen-bond acceptors (Lipinski definition) is 5. The van der Waals surface area contributed by atoms with E-state index in [1.807, 2.05) is 30.3 Å². The molecule has 2 aromatic carbocycles. The smallest absolute Gasteiger partial charge is 0.231 e. The molecule has 0 aromatic heterocycles. The molecule has 0 unspecified atom stereocenters. The maximum atomic E-state index is 12.6. The number of methoxy groups -OCH3 is 1. The molecular weight excluding hydrogens is 366 g/mol. The number of allylic oxidation sites excluding steroid dienone is 1. The second-order valence-electron chi connectivity index (χ2n) is 7.48. The fourth-order valence-electron chi connectivity index (χ4n) is 3.80. The first-order valence-corrected chi connectivity index (χ1v) is 10.3. The van der Waals surface area contributed by atoms with Gasteiger partial charge in [0.2, 0.25) is 5.78 Å². The van der Waals surface area contributed by atoms with Crippen LogP contribution < -0.4 is 14.2 Å². The minimum Gasteiger partial charge on any atom is -0.497 e. The molecule has 2 heterocycles. The molecule has 4 rings (SSSR count). The van der Waals surface area contributed by atoms with Crippen molar-refractivity contribution in [2.75, 3.05) is 33.4 Å². The van der Waals surface area contributed by atoms with Gasteiger partial charge in [-0.05, 0) is 68.3 Å². The lowest BCUT2D eigenvalue weighted by atomic mass is 10.1. The summed E-state index contributed by atoms with van der Waals surface area (Å²) in [4.78, 5) is 15.1. The van der Waals surface area contributed by atoms with Gasteiger partial charge in [0.25, 0.3) is 0 Å². The Kier molecular flexibility index (Phi) is 6.15. The summed E-state index contributed by atoms with van der Waals surface area (Å²) in [5, 5.41) is 0. The SMILES string of the molecule is COc1cccc(/C=C2\Oc3cc(OCCCN4CCCCC4)ccc3C2=O)c1. The van der Waals surface area contributed by atoms with E-state index in [0.717, 1.165) is 30.0 Å². The molecule has 1 fully saturated rings. The van der Waals surface area contributed by atoms with Crippen molar-refractivity contribution in [3.8, 4) is 17.2 Å². The molecule has 0 bridgehead atoms. The third-order valence-corrected chi connectivity index (χ3v) is 5.37. The molecule has 0 spiro atoms. The first-order chi connectivity index (χ1) is 14.2. The van der Waals surface area contributed by atoms with Gasteiger partial charge in [0, 0.05) is 12.6 Å². The quantitative estimate of drug-likeness (QED) is 0.510. The number of piperidine rings is 1. The maximum absolute atomic E-state index is 12.6. The van der Waals surface area contributed by atoms with Crippen LogP contribution in [0, 0.1) is 0 Å². The number of fused-ring (bicyclic) bond motifs is 1. The van der Waals surface area contributed by atoms with Crippen LogP contribution in [0.2, 0.25) is 0 Å². The van der Waals surface area contributed by atoms with Gasteiger partial charge in [-0.15, -0.1) is 0 Å². The van der Waals surface area contributed by atoms with E-state index in [2.05, 4.69) is 4.90 Å². The monoisotopic (exact) mass is 393 g/mol. The molecule has 0 amide bonds. The highest BCUT2D eigenvalue weighted by atomic mass is 16.5. The number of carbonyl (C=O) groups is 1. The summed E-state index contributed by atoms with van der Waals surface area (Å²) in [6, 6.07) is 13.0. The third-order valence-electron chi connectivity index (χ3n) is 5.37. The van der Waals surface area contributed by atoms with Crippen LogP contribution in [0.5, 0.6) is 17.2 Å². The topological polar surface area (TPSA) is 48.0 Å². The Hall–Kier alpha value is -2.79. The lowest BCUT2D eigenvalue weighted by molar-refractivity contribution is 0.101. The predicted molar refractivity (Wildman–Crippen MR) is 113 cm³/mol. The van der Waals surface area contributed by atoms with Crippen molar-refractivity contribution in [1.29, 1.82) is 0 Å². The summed E-state index contributed by atoms with van der Waals surface area (Å²) in [5.41, 5.74) is 1.43. The second-order valence-corrected chi connectivity index (χ2v) is 7.48. The normalized spacial score (nSPS) is 17.8. The number of rotatable bonds is 7. The molecule has 2 aliphatic heterocycles. The average molecular weight is 393 g/mol. The number of ketones is 1. The molecule has 0 N–H and O–H groups in total. The molecule has 1 saturated heterocycles.